The lowest BCUT2D eigenvalue weighted by Crippen LogP contribution is -2.23. The van der Waals surface area contributed by atoms with Gasteiger partial charge in [0.2, 0.25) is 0 Å². The number of aliphatic hydroxyl groups is 2. The highest BCUT2D eigenvalue weighted by Gasteiger charge is 2.31. The lowest BCUT2D eigenvalue weighted by Gasteiger charge is -2.35. The maximum atomic E-state index is 11.8. The van der Waals surface area contributed by atoms with Crippen molar-refractivity contribution < 1.29 is 24.5 Å². The molecule has 0 unspecified atom stereocenters. The fourth-order valence-corrected chi connectivity index (χ4v) is 5.92. The first-order valence-corrected chi connectivity index (χ1v) is 14.6. The summed E-state index contributed by atoms with van der Waals surface area (Å²) in [6.07, 6.45) is 5.41. The minimum atomic E-state index is -0.500. The second-order valence-corrected chi connectivity index (χ2v) is 11.7. The number of ether oxygens (including phenoxy) is 2. The fraction of sp³-hybridized carbons (Fsp3) is 0.438. The van der Waals surface area contributed by atoms with Crippen LogP contribution in [0.5, 0.6) is 11.5 Å². The number of aryl methyl sites for hydroxylation is 1. The molecule has 1 aromatic heterocycles. The second kappa shape index (κ2) is 13.1. The van der Waals surface area contributed by atoms with Crippen LogP contribution in [0.25, 0.3) is 22.4 Å². The first-order chi connectivity index (χ1) is 19.0. The fourth-order valence-electron chi connectivity index (χ4n) is 5.24. The molecule has 2 aliphatic rings. The zero-order chi connectivity index (χ0) is 29.8. The van der Waals surface area contributed by atoms with Crippen molar-refractivity contribution in [3.05, 3.63) is 57.8 Å². The molecule has 40 heavy (non-hydrogen) atoms. The molecule has 2 N–H and O–H groups in total. The SMILES string of the molecule is CC(C)(C)O.CO.CSN1Cc2cc(C)cnc2-c2c(C)c(-c3ccc4c(c3C)OCCO4)c(CC=O)c(C)c21. The van der Waals surface area contributed by atoms with Crippen LogP contribution in [-0.2, 0) is 17.8 Å². The number of hydrogen-bond donors (Lipinski definition) is 2. The summed E-state index contributed by atoms with van der Waals surface area (Å²) in [6.45, 7) is 15.6. The molecule has 0 spiro atoms. The van der Waals surface area contributed by atoms with Crippen LogP contribution in [-0.4, -0.2) is 53.7 Å². The lowest BCUT2D eigenvalue weighted by molar-refractivity contribution is -0.107. The van der Waals surface area contributed by atoms with Gasteiger partial charge in [0.15, 0.2) is 11.5 Å². The van der Waals surface area contributed by atoms with Crippen LogP contribution in [0.15, 0.2) is 24.4 Å². The van der Waals surface area contributed by atoms with Gasteiger partial charge in [-0.25, -0.2) is 0 Å². The Labute approximate surface area is 242 Å². The molecule has 0 saturated carbocycles. The maximum Gasteiger partial charge on any atom is 0.164 e. The van der Waals surface area contributed by atoms with Crippen molar-refractivity contribution in [2.75, 3.05) is 30.9 Å². The largest absolute Gasteiger partial charge is 0.486 e. The Morgan fingerprint density at radius 3 is 2.30 bits per heavy atom. The smallest absolute Gasteiger partial charge is 0.164 e. The van der Waals surface area contributed by atoms with E-state index in [0.29, 0.717) is 19.6 Å². The van der Waals surface area contributed by atoms with Crippen LogP contribution >= 0.6 is 11.9 Å². The number of carbonyl (C=O) groups is 1. The number of aldehydes is 1. The molecule has 3 aromatic rings. The molecular formula is C32H42N2O5S. The third-order valence-electron chi connectivity index (χ3n) is 6.73. The van der Waals surface area contributed by atoms with Gasteiger partial charge in [0.1, 0.15) is 19.5 Å². The van der Waals surface area contributed by atoms with Gasteiger partial charge in [-0.3, -0.25) is 4.98 Å². The van der Waals surface area contributed by atoms with E-state index >= 15 is 0 Å². The minimum absolute atomic E-state index is 0.361. The number of pyridine rings is 1. The van der Waals surface area contributed by atoms with E-state index in [9.17, 15) is 4.79 Å². The normalized spacial score (nSPS) is 13.2. The van der Waals surface area contributed by atoms with Gasteiger partial charge in [-0.1, -0.05) is 24.1 Å². The van der Waals surface area contributed by atoms with E-state index in [2.05, 4.69) is 50.4 Å². The van der Waals surface area contributed by atoms with E-state index in [-0.39, 0.29) is 0 Å². The van der Waals surface area contributed by atoms with Crippen LogP contribution in [0.2, 0.25) is 0 Å². The molecule has 0 radical (unpaired) electrons. The molecule has 3 heterocycles. The number of carbonyl (C=O) groups excluding carboxylic acids is 1. The molecule has 0 fully saturated rings. The van der Waals surface area contributed by atoms with Gasteiger partial charge in [-0.15, -0.1) is 0 Å². The topological polar surface area (TPSA) is 92.1 Å². The molecule has 0 saturated heterocycles. The Kier molecular flexibility index (Phi) is 10.3. The molecular weight excluding hydrogens is 524 g/mol. The van der Waals surface area contributed by atoms with Crippen LogP contribution in [0.4, 0.5) is 5.69 Å². The zero-order valence-corrected chi connectivity index (χ0v) is 26.0. The summed E-state index contributed by atoms with van der Waals surface area (Å²) in [4.78, 5) is 16.7. The summed E-state index contributed by atoms with van der Waals surface area (Å²) >= 11 is 1.71. The van der Waals surface area contributed by atoms with Crippen LogP contribution in [0, 0.1) is 27.7 Å². The first-order valence-electron chi connectivity index (χ1n) is 13.4. The van der Waals surface area contributed by atoms with Crippen LogP contribution in [0.3, 0.4) is 0 Å². The molecule has 0 atom stereocenters. The van der Waals surface area contributed by atoms with Gasteiger partial charge in [0.05, 0.1) is 23.5 Å². The maximum absolute atomic E-state index is 11.8. The zero-order valence-electron chi connectivity index (χ0n) is 25.1. The Balaban J connectivity index is 0.000000570. The Morgan fingerprint density at radius 2 is 1.68 bits per heavy atom. The van der Waals surface area contributed by atoms with Gasteiger partial charge in [0, 0.05) is 37.1 Å². The quantitative estimate of drug-likeness (QED) is 0.287. The number of nitrogens with zero attached hydrogens (tertiary/aromatic N) is 2. The van der Waals surface area contributed by atoms with Crippen LogP contribution < -0.4 is 13.8 Å². The Morgan fingerprint density at radius 1 is 1.02 bits per heavy atom. The molecule has 7 nitrogen and oxygen atoms in total. The number of benzene rings is 2. The predicted octanol–water partition coefficient (Wildman–Crippen LogP) is 6.15. The number of hydrogen-bond acceptors (Lipinski definition) is 8. The number of rotatable bonds is 4. The van der Waals surface area contributed by atoms with Gasteiger partial charge < -0.3 is 28.8 Å². The van der Waals surface area contributed by atoms with Crippen LogP contribution in [0.1, 0.15) is 54.2 Å². The summed E-state index contributed by atoms with van der Waals surface area (Å²) in [7, 11) is 1.00. The highest BCUT2D eigenvalue weighted by atomic mass is 32.2. The third kappa shape index (κ3) is 6.45. The van der Waals surface area contributed by atoms with Crippen molar-refractivity contribution in [3.8, 4) is 33.9 Å². The molecule has 216 valence electrons. The Bertz CT molecular complexity index is 1380. The molecule has 0 aliphatic carbocycles. The average Bonchev–Trinajstić information content (AvgIpc) is 2.92. The predicted molar refractivity (Wildman–Crippen MR) is 165 cm³/mol. The van der Waals surface area contributed by atoms with Crippen molar-refractivity contribution in [1.82, 2.24) is 4.98 Å². The van der Waals surface area contributed by atoms with Crippen molar-refractivity contribution in [2.45, 2.75) is 67.0 Å². The molecule has 0 amide bonds. The third-order valence-corrected chi connectivity index (χ3v) is 7.49. The molecule has 5 rings (SSSR count). The van der Waals surface area contributed by atoms with Gasteiger partial charge in [-0.05, 0) is 93.5 Å². The second-order valence-electron chi connectivity index (χ2n) is 10.9. The summed E-state index contributed by atoms with van der Waals surface area (Å²) in [6, 6.07) is 6.32. The number of aromatic nitrogens is 1. The van der Waals surface area contributed by atoms with Crippen molar-refractivity contribution in [3.63, 3.8) is 0 Å². The molecule has 2 aliphatic heterocycles. The van der Waals surface area contributed by atoms with Gasteiger partial charge in [0.25, 0.3) is 0 Å². The van der Waals surface area contributed by atoms with E-state index in [4.69, 9.17) is 24.7 Å². The monoisotopic (exact) mass is 566 g/mol. The Hall–Kier alpha value is -3.07. The standard InChI is InChI=1S/C27H28N2O3S.C4H10O.CH4O/c1-15-12-19-14-29(33-5)26-16(2)21(8-9-30)23(18(4)24(26)25(19)28-13-15)20-6-7-22-27(17(20)3)32-11-10-31-22;1-4(2,3)5;1-2/h6-7,9,12-13H,8,10-11,14H2,1-5H3;5H,1-3H3;2H,1H3. The van der Waals surface area contributed by atoms with Crippen molar-refractivity contribution in [2.24, 2.45) is 0 Å². The van der Waals surface area contributed by atoms with Gasteiger partial charge >= 0.3 is 0 Å². The summed E-state index contributed by atoms with van der Waals surface area (Å²) in [5.74, 6) is 1.58. The van der Waals surface area contributed by atoms with E-state index in [0.717, 1.165) is 81.6 Å². The molecule has 8 heteroatoms. The van der Waals surface area contributed by atoms with E-state index < -0.39 is 5.60 Å². The minimum Gasteiger partial charge on any atom is -0.486 e. The molecule has 0 bridgehead atoms. The number of aliphatic hydroxyl groups excluding tert-OH is 1. The summed E-state index contributed by atoms with van der Waals surface area (Å²) in [5, 5.41) is 15.5. The number of fused-ring (bicyclic) bond motifs is 4. The average molecular weight is 567 g/mol. The summed E-state index contributed by atoms with van der Waals surface area (Å²) < 4.78 is 14.1. The van der Waals surface area contributed by atoms with E-state index in [1.807, 2.05) is 12.3 Å². The summed E-state index contributed by atoms with van der Waals surface area (Å²) in [5.41, 5.74) is 11.8. The molecule has 2 aromatic carbocycles. The van der Waals surface area contributed by atoms with E-state index in [1.54, 1.807) is 32.7 Å². The lowest BCUT2D eigenvalue weighted by atomic mass is 9.81. The van der Waals surface area contributed by atoms with E-state index in [1.165, 1.54) is 11.3 Å². The van der Waals surface area contributed by atoms with Gasteiger partial charge in [-0.2, -0.15) is 0 Å². The number of anilines is 1. The van der Waals surface area contributed by atoms with Crippen molar-refractivity contribution in [1.29, 1.82) is 0 Å². The van der Waals surface area contributed by atoms with Crippen molar-refractivity contribution >= 4 is 23.9 Å². The first kappa shape index (κ1) is 31.5. The highest BCUT2D eigenvalue weighted by molar-refractivity contribution is 7.99. The highest BCUT2D eigenvalue weighted by Crippen LogP contribution is 2.51.